The second kappa shape index (κ2) is 6.62. The van der Waals surface area contributed by atoms with Crippen molar-refractivity contribution in [2.24, 2.45) is 0 Å². The number of hydrogen-bond donors (Lipinski definition) is 4. The van der Waals surface area contributed by atoms with E-state index in [4.69, 9.17) is 5.11 Å². The Morgan fingerprint density at radius 1 is 0.955 bits per heavy atom. The van der Waals surface area contributed by atoms with Crippen molar-refractivity contribution in [3.63, 3.8) is 0 Å². The summed E-state index contributed by atoms with van der Waals surface area (Å²) >= 11 is 0. The predicted octanol–water partition coefficient (Wildman–Crippen LogP) is 2.37. The van der Waals surface area contributed by atoms with Crippen molar-refractivity contribution < 1.29 is 24.9 Å². The van der Waals surface area contributed by atoms with E-state index in [1.807, 2.05) is 0 Å². The van der Waals surface area contributed by atoms with Crippen LogP contribution in [0.15, 0.2) is 42.5 Å². The lowest BCUT2D eigenvalue weighted by atomic mass is 10.1. The average Bonchev–Trinajstić information content (AvgIpc) is 2.48. The van der Waals surface area contributed by atoms with E-state index in [1.165, 1.54) is 24.3 Å². The normalized spacial score (nSPS) is 10.2. The number of phenols is 2. The van der Waals surface area contributed by atoms with Crippen LogP contribution in [-0.4, -0.2) is 27.2 Å². The number of rotatable bonds is 5. The number of phenolic OH excluding ortho intramolecular Hbond substituents is 2. The predicted molar refractivity (Wildman–Crippen MR) is 80.1 cm³/mol. The first-order chi connectivity index (χ1) is 10.5. The molecule has 6 heteroatoms. The van der Waals surface area contributed by atoms with Crippen LogP contribution in [0, 0.1) is 0 Å². The molecule has 0 aliphatic carbocycles. The molecule has 0 saturated carbocycles. The molecule has 2 aromatic rings. The fourth-order valence-corrected chi connectivity index (χ4v) is 1.95. The third-order valence-corrected chi connectivity index (χ3v) is 3.08. The van der Waals surface area contributed by atoms with Crippen molar-refractivity contribution >= 4 is 17.6 Å². The van der Waals surface area contributed by atoms with Gasteiger partial charge in [0.25, 0.3) is 0 Å². The molecule has 0 fully saturated rings. The van der Waals surface area contributed by atoms with Crippen LogP contribution in [0.2, 0.25) is 0 Å². The highest BCUT2D eigenvalue weighted by Gasteiger charge is 2.13. The van der Waals surface area contributed by atoms with Gasteiger partial charge in [0.15, 0.2) is 0 Å². The van der Waals surface area contributed by atoms with Crippen molar-refractivity contribution in [1.82, 2.24) is 0 Å². The summed E-state index contributed by atoms with van der Waals surface area (Å²) in [4.78, 5) is 23.0. The van der Waals surface area contributed by atoms with Crippen LogP contribution < -0.4 is 5.32 Å². The van der Waals surface area contributed by atoms with Gasteiger partial charge in [-0.3, -0.25) is 4.79 Å². The van der Waals surface area contributed by atoms with Crippen LogP contribution in [0.3, 0.4) is 0 Å². The van der Waals surface area contributed by atoms with Crippen molar-refractivity contribution in [3.05, 3.63) is 53.6 Å². The number of benzene rings is 2. The summed E-state index contributed by atoms with van der Waals surface area (Å²) in [6.07, 6.45) is 0.636. The third kappa shape index (κ3) is 3.99. The Morgan fingerprint density at radius 2 is 1.59 bits per heavy atom. The van der Waals surface area contributed by atoms with Crippen molar-refractivity contribution in [3.8, 4) is 11.5 Å². The summed E-state index contributed by atoms with van der Waals surface area (Å²) in [6.45, 7) is 0. The minimum Gasteiger partial charge on any atom is -0.508 e. The number of anilines is 1. The van der Waals surface area contributed by atoms with Gasteiger partial charge in [-0.25, -0.2) is 4.79 Å². The van der Waals surface area contributed by atoms with Gasteiger partial charge >= 0.3 is 5.97 Å². The first-order valence-electron chi connectivity index (χ1n) is 6.60. The molecule has 22 heavy (non-hydrogen) atoms. The first-order valence-corrected chi connectivity index (χ1v) is 6.60. The van der Waals surface area contributed by atoms with Gasteiger partial charge < -0.3 is 20.6 Å². The van der Waals surface area contributed by atoms with E-state index in [2.05, 4.69) is 5.32 Å². The fraction of sp³-hybridized carbons (Fsp3) is 0.125. The lowest BCUT2D eigenvalue weighted by Crippen LogP contribution is -2.15. The second-order valence-corrected chi connectivity index (χ2v) is 4.75. The highest BCUT2D eigenvalue weighted by Crippen LogP contribution is 2.21. The molecule has 0 aliphatic heterocycles. The third-order valence-electron chi connectivity index (χ3n) is 3.08. The monoisotopic (exact) mass is 301 g/mol. The Hall–Kier alpha value is -3.02. The topological polar surface area (TPSA) is 107 Å². The largest absolute Gasteiger partial charge is 0.508 e. The van der Waals surface area contributed by atoms with Gasteiger partial charge in [0.2, 0.25) is 5.91 Å². The number of amides is 1. The molecular weight excluding hydrogens is 286 g/mol. The molecule has 1 amide bonds. The Bertz CT molecular complexity index is 694. The van der Waals surface area contributed by atoms with Gasteiger partial charge in [0.1, 0.15) is 11.5 Å². The molecule has 6 nitrogen and oxygen atoms in total. The van der Waals surface area contributed by atoms with E-state index >= 15 is 0 Å². The quantitative estimate of drug-likeness (QED) is 0.634. The lowest BCUT2D eigenvalue weighted by Gasteiger charge is -2.09. The zero-order valence-electron chi connectivity index (χ0n) is 11.6. The number of aryl methyl sites for hydroxylation is 1. The zero-order chi connectivity index (χ0) is 16.1. The fourth-order valence-electron chi connectivity index (χ4n) is 1.95. The number of carboxylic acids is 1. The summed E-state index contributed by atoms with van der Waals surface area (Å²) in [7, 11) is 0. The molecule has 114 valence electrons. The highest BCUT2D eigenvalue weighted by atomic mass is 16.4. The molecule has 2 rings (SSSR count). The summed E-state index contributed by atoms with van der Waals surface area (Å²) in [5.41, 5.74) is 0.858. The number of aromatic carboxylic acids is 1. The number of hydrogen-bond acceptors (Lipinski definition) is 4. The molecule has 0 aromatic heterocycles. The molecule has 0 saturated heterocycles. The Balaban J connectivity index is 2.00. The van der Waals surface area contributed by atoms with Crippen LogP contribution in [0.5, 0.6) is 11.5 Å². The van der Waals surface area contributed by atoms with Crippen molar-refractivity contribution in [2.75, 3.05) is 5.32 Å². The summed E-state index contributed by atoms with van der Waals surface area (Å²) in [6, 6.07) is 10.2. The minimum atomic E-state index is -1.23. The van der Waals surface area contributed by atoms with Crippen LogP contribution in [0.25, 0.3) is 0 Å². The van der Waals surface area contributed by atoms with Gasteiger partial charge in [0, 0.05) is 6.42 Å². The molecule has 0 spiro atoms. The zero-order valence-corrected chi connectivity index (χ0v) is 11.6. The van der Waals surface area contributed by atoms with E-state index in [0.29, 0.717) is 6.42 Å². The second-order valence-electron chi connectivity index (χ2n) is 4.75. The van der Waals surface area contributed by atoms with Crippen LogP contribution in [0.4, 0.5) is 5.69 Å². The maximum Gasteiger partial charge on any atom is 0.337 e. The van der Waals surface area contributed by atoms with Gasteiger partial charge in [0.05, 0.1) is 11.3 Å². The smallest absolute Gasteiger partial charge is 0.337 e. The molecule has 0 bridgehead atoms. The Labute approximate surface area is 126 Å². The molecule has 0 radical (unpaired) electrons. The number of carbonyl (C=O) groups excluding carboxylic acids is 1. The van der Waals surface area contributed by atoms with E-state index in [-0.39, 0.29) is 35.1 Å². The average molecular weight is 301 g/mol. The maximum atomic E-state index is 11.9. The number of carbonyl (C=O) groups is 2. The van der Waals surface area contributed by atoms with Crippen LogP contribution in [0.1, 0.15) is 22.3 Å². The molecule has 0 heterocycles. The molecule has 2 aromatic carbocycles. The molecular formula is C16H15NO5. The number of carboxylic acid groups (broad SMARTS) is 1. The van der Waals surface area contributed by atoms with Crippen LogP contribution >= 0.6 is 0 Å². The van der Waals surface area contributed by atoms with E-state index in [1.54, 1.807) is 12.1 Å². The molecule has 0 unspecified atom stereocenters. The lowest BCUT2D eigenvalue weighted by molar-refractivity contribution is -0.116. The Morgan fingerprint density at radius 3 is 2.23 bits per heavy atom. The minimum absolute atomic E-state index is 0.140. The van der Waals surface area contributed by atoms with Crippen LogP contribution in [-0.2, 0) is 11.2 Å². The van der Waals surface area contributed by atoms with Gasteiger partial charge in [-0.2, -0.15) is 0 Å². The van der Waals surface area contributed by atoms with Crippen molar-refractivity contribution in [1.29, 1.82) is 0 Å². The molecule has 4 N–H and O–H groups in total. The SMILES string of the molecule is O=C(CCc1ccc(O)cc1)Nc1ccc(O)cc1C(=O)O. The van der Waals surface area contributed by atoms with E-state index in [9.17, 15) is 19.8 Å². The van der Waals surface area contributed by atoms with E-state index < -0.39 is 5.97 Å². The van der Waals surface area contributed by atoms with Crippen molar-refractivity contribution in [2.45, 2.75) is 12.8 Å². The summed E-state index contributed by atoms with van der Waals surface area (Å²) < 4.78 is 0. The maximum absolute atomic E-state index is 11.9. The molecule has 0 aliphatic rings. The summed E-state index contributed by atoms with van der Waals surface area (Å²) in [5, 5.41) is 30.0. The standard InChI is InChI=1S/C16H15NO5/c18-11-4-1-10(2-5-11)3-8-15(20)17-14-7-6-12(19)9-13(14)16(21)22/h1-2,4-7,9,18-19H,3,8H2,(H,17,20)(H,21,22). The molecule has 0 atom stereocenters. The van der Waals surface area contributed by atoms with E-state index in [0.717, 1.165) is 11.6 Å². The number of nitrogens with one attached hydrogen (secondary N) is 1. The van der Waals surface area contributed by atoms with Gasteiger partial charge in [-0.1, -0.05) is 12.1 Å². The highest BCUT2D eigenvalue weighted by molar-refractivity contribution is 6.00. The number of aromatic hydroxyl groups is 2. The van der Waals surface area contributed by atoms with Gasteiger partial charge in [-0.05, 0) is 42.3 Å². The first kappa shape index (κ1) is 15.4. The summed E-state index contributed by atoms with van der Waals surface area (Å²) in [5.74, 6) is -1.59. The van der Waals surface area contributed by atoms with Gasteiger partial charge in [-0.15, -0.1) is 0 Å². The Kier molecular flexibility index (Phi) is 4.63.